The number of para-hydroxylation sites is 2. The van der Waals surface area contributed by atoms with Gasteiger partial charge in [0.2, 0.25) is 0 Å². The van der Waals surface area contributed by atoms with Crippen LogP contribution >= 0.6 is 24.0 Å². The van der Waals surface area contributed by atoms with E-state index < -0.39 is 0 Å². The van der Waals surface area contributed by atoms with Gasteiger partial charge in [0.1, 0.15) is 0 Å². The maximum Gasteiger partial charge on any atom is 0.0863 e. The zero-order chi connectivity index (χ0) is 9.42. The Balaban J connectivity index is 0.000000980. The highest BCUT2D eigenvalue weighted by atomic mass is 127. The van der Waals surface area contributed by atoms with Crippen molar-refractivity contribution in [2.75, 3.05) is 11.9 Å². The Morgan fingerprint density at radius 2 is 1.93 bits per heavy atom. The summed E-state index contributed by atoms with van der Waals surface area (Å²) in [4.78, 5) is 6.81. The molecule has 1 heterocycles. The first-order valence-electron chi connectivity index (χ1n) is 4.57. The van der Waals surface area contributed by atoms with Crippen molar-refractivity contribution in [3.63, 3.8) is 0 Å². The molecular weight excluding hydrogens is 287 g/mol. The lowest BCUT2D eigenvalue weighted by atomic mass is 10.1. The summed E-state index contributed by atoms with van der Waals surface area (Å²) in [6.07, 6.45) is 0. The number of benzene rings is 1. The second kappa shape index (κ2) is 4.29. The molecule has 1 aromatic carbocycles. The van der Waals surface area contributed by atoms with Crippen molar-refractivity contribution in [3.05, 3.63) is 24.3 Å². The van der Waals surface area contributed by atoms with Gasteiger partial charge >= 0.3 is 0 Å². The van der Waals surface area contributed by atoms with E-state index in [4.69, 9.17) is 0 Å². The third-order valence-corrected chi connectivity index (χ3v) is 2.74. The highest BCUT2D eigenvalue weighted by Gasteiger charge is 2.19. The largest absolute Gasteiger partial charge is 0.365 e. The van der Waals surface area contributed by atoms with Crippen LogP contribution in [0.25, 0.3) is 0 Å². The Morgan fingerprint density at radius 3 is 2.64 bits per heavy atom. The van der Waals surface area contributed by atoms with Gasteiger partial charge in [-0.15, -0.1) is 24.0 Å². The normalized spacial score (nSPS) is 19.5. The van der Waals surface area contributed by atoms with E-state index in [1.54, 1.807) is 0 Å². The molecule has 0 spiro atoms. The van der Waals surface area contributed by atoms with Gasteiger partial charge in [-0.05, 0) is 26.0 Å². The Labute approximate surface area is 102 Å². The number of nitrogens with zero attached hydrogens (tertiary/aromatic N) is 2. The SMILES string of the molecule is CC1=Nc2ccccc2N(C)C1C.I. The van der Waals surface area contributed by atoms with Crippen molar-refractivity contribution in [3.8, 4) is 0 Å². The first-order valence-corrected chi connectivity index (χ1v) is 4.57. The first-order chi connectivity index (χ1) is 6.20. The van der Waals surface area contributed by atoms with Gasteiger partial charge in [-0.25, -0.2) is 0 Å². The molecular formula is C11H15IN2. The van der Waals surface area contributed by atoms with Crippen LogP contribution in [0.4, 0.5) is 11.4 Å². The second-order valence-electron chi connectivity index (χ2n) is 3.53. The van der Waals surface area contributed by atoms with E-state index >= 15 is 0 Å². The van der Waals surface area contributed by atoms with Crippen molar-refractivity contribution in [1.29, 1.82) is 0 Å². The number of hydrogen-bond acceptors (Lipinski definition) is 2. The molecule has 14 heavy (non-hydrogen) atoms. The lowest BCUT2D eigenvalue weighted by molar-refractivity contribution is 0.843. The zero-order valence-electron chi connectivity index (χ0n) is 8.69. The van der Waals surface area contributed by atoms with Gasteiger partial charge in [-0.3, -0.25) is 4.99 Å². The van der Waals surface area contributed by atoms with Crippen LogP contribution in [0.15, 0.2) is 29.3 Å². The number of hydrogen-bond donors (Lipinski definition) is 0. The topological polar surface area (TPSA) is 15.6 Å². The van der Waals surface area contributed by atoms with Crippen molar-refractivity contribution in [1.82, 2.24) is 0 Å². The first kappa shape index (κ1) is 11.5. The maximum absolute atomic E-state index is 4.55. The second-order valence-corrected chi connectivity index (χ2v) is 3.53. The monoisotopic (exact) mass is 302 g/mol. The maximum atomic E-state index is 4.55. The molecule has 0 fully saturated rings. The van der Waals surface area contributed by atoms with Gasteiger partial charge in [0.05, 0.1) is 17.4 Å². The standard InChI is InChI=1S/C11H14N2.HI/c1-8-9(2)13(3)11-7-5-4-6-10(11)12-8;/h4-7,9H,1-3H3;1H. The van der Waals surface area contributed by atoms with E-state index in [1.165, 1.54) is 11.4 Å². The van der Waals surface area contributed by atoms with Crippen molar-refractivity contribution >= 4 is 41.1 Å². The summed E-state index contributed by atoms with van der Waals surface area (Å²) < 4.78 is 0. The summed E-state index contributed by atoms with van der Waals surface area (Å²) >= 11 is 0. The van der Waals surface area contributed by atoms with E-state index in [0.717, 1.165) is 5.69 Å². The Hall–Kier alpha value is -0.580. The number of fused-ring (bicyclic) bond motifs is 1. The van der Waals surface area contributed by atoms with Crippen LogP contribution < -0.4 is 4.90 Å². The van der Waals surface area contributed by atoms with Crippen molar-refractivity contribution < 1.29 is 0 Å². The highest BCUT2D eigenvalue weighted by Crippen LogP contribution is 2.32. The third kappa shape index (κ3) is 1.78. The summed E-state index contributed by atoms with van der Waals surface area (Å²) in [5.41, 5.74) is 3.49. The number of rotatable bonds is 0. The van der Waals surface area contributed by atoms with Gasteiger partial charge in [0, 0.05) is 12.8 Å². The van der Waals surface area contributed by atoms with E-state index in [9.17, 15) is 0 Å². The lowest BCUT2D eigenvalue weighted by Gasteiger charge is -2.31. The summed E-state index contributed by atoms with van der Waals surface area (Å²) in [5.74, 6) is 0. The lowest BCUT2D eigenvalue weighted by Crippen LogP contribution is -2.36. The van der Waals surface area contributed by atoms with Gasteiger partial charge < -0.3 is 4.90 Å². The van der Waals surface area contributed by atoms with Crippen LogP contribution in [0.2, 0.25) is 0 Å². The number of aliphatic imine (C=N–C) groups is 1. The van der Waals surface area contributed by atoms with E-state index in [-0.39, 0.29) is 24.0 Å². The molecule has 0 N–H and O–H groups in total. The van der Waals surface area contributed by atoms with Crippen LogP contribution in [-0.2, 0) is 0 Å². The van der Waals surface area contributed by atoms with Crippen LogP contribution in [0, 0.1) is 0 Å². The Morgan fingerprint density at radius 1 is 1.29 bits per heavy atom. The molecule has 2 rings (SSSR count). The molecule has 0 aliphatic carbocycles. The Bertz CT molecular complexity index is 360. The van der Waals surface area contributed by atoms with Gasteiger partial charge in [-0.1, -0.05) is 12.1 Å². The molecule has 1 aromatic rings. The highest BCUT2D eigenvalue weighted by molar-refractivity contribution is 14.0. The molecule has 2 nitrogen and oxygen atoms in total. The summed E-state index contributed by atoms with van der Waals surface area (Å²) in [5, 5.41) is 0. The zero-order valence-corrected chi connectivity index (χ0v) is 11.0. The van der Waals surface area contributed by atoms with Crippen LogP contribution in [0.5, 0.6) is 0 Å². The predicted octanol–water partition coefficient (Wildman–Crippen LogP) is 3.24. The van der Waals surface area contributed by atoms with E-state index in [1.807, 2.05) is 6.07 Å². The fraction of sp³-hybridized carbons (Fsp3) is 0.364. The molecule has 0 radical (unpaired) electrons. The molecule has 1 aliphatic rings. The van der Waals surface area contributed by atoms with Crippen LogP contribution in [-0.4, -0.2) is 18.8 Å². The number of halogens is 1. The Kier molecular flexibility index (Phi) is 3.53. The minimum atomic E-state index is 0. The smallest absolute Gasteiger partial charge is 0.0863 e. The third-order valence-electron chi connectivity index (χ3n) is 2.74. The quantitative estimate of drug-likeness (QED) is 0.672. The molecule has 0 saturated heterocycles. The molecule has 1 aliphatic heterocycles. The van der Waals surface area contributed by atoms with Crippen LogP contribution in [0.1, 0.15) is 13.8 Å². The van der Waals surface area contributed by atoms with Crippen molar-refractivity contribution in [2.45, 2.75) is 19.9 Å². The predicted molar refractivity (Wildman–Crippen MR) is 72.5 cm³/mol. The average molecular weight is 302 g/mol. The van der Waals surface area contributed by atoms with Gasteiger partial charge in [0.15, 0.2) is 0 Å². The van der Waals surface area contributed by atoms with Gasteiger partial charge in [0.25, 0.3) is 0 Å². The van der Waals surface area contributed by atoms with E-state index in [0.29, 0.717) is 6.04 Å². The fourth-order valence-electron chi connectivity index (χ4n) is 1.63. The fourth-order valence-corrected chi connectivity index (χ4v) is 1.63. The van der Waals surface area contributed by atoms with E-state index in [2.05, 4.69) is 49.0 Å². The van der Waals surface area contributed by atoms with Crippen molar-refractivity contribution in [2.24, 2.45) is 4.99 Å². The molecule has 0 amide bonds. The van der Waals surface area contributed by atoms with Gasteiger partial charge in [-0.2, -0.15) is 0 Å². The molecule has 0 saturated carbocycles. The summed E-state index contributed by atoms with van der Waals surface area (Å²) in [7, 11) is 2.11. The van der Waals surface area contributed by atoms with Crippen LogP contribution in [0.3, 0.4) is 0 Å². The molecule has 3 heteroatoms. The summed E-state index contributed by atoms with van der Waals surface area (Å²) in [6, 6.07) is 8.66. The molecule has 1 atom stereocenters. The molecule has 76 valence electrons. The number of anilines is 1. The minimum Gasteiger partial charge on any atom is -0.365 e. The summed E-state index contributed by atoms with van der Waals surface area (Å²) in [6.45, 7) is 4.26. The molecule has 1 unspecified atom stereocenters. The average Bonchev–Trinajstić information content (AvgIpc) is 2.15. The minimum absolute atomic E-state index is 0. The molecule has 0 aromatic heterocycles. The molecule has 0 bridgehead atoms.